The van der Waals surface area contributed by atoms with Crippen LogP contribution in [0.1, 0.15) is 35.1 Å². The van der Waals surface area contributed by atoms with Crippen LogP contribution in [0.5, 0.6) is 0 Å². The van der Waals surface area contributed by atoms with Crippen LogP contribution in [0.4, 0.5) is 0 Å². The number of piperidine rings is 1. The van der Waals surface area contributed by atoms with E-state index in [9.17, 15) is 4.79 Å². The van der Waals surface area contributed by atoms with Crippen LogP contribution < -0.4 is 5.73 Å². The Morgan fingerprint density at radius 2 is 2.53 bits per heavy atom. The molecule has 0 aromatic carbocycles. The maximum Gasteiger partial charge on any atom is 0.284 e. The van der Waals surface area contributed by atoms with E-state index in [1.165, 1.54) is 6.42 Å². The summed E-state index contributed by atoms with van der Waals surface area (Å²) in [5.74, 6) is 0.216. The summed E-state index contributed by atoms with van der Waals surface area (Å²) < 4.78 is 0. The van der Waals surface area contributed by atoms with E-state index in [1.807, 2.05) is 0 Å². The maximum atomic E-state index is 10.9. The lowest BCUT2D eigenvalue weighted by Gasteiger charge is -2.28. The average molecular weight is 208 g/mol. The van der Waals surface area contributed by atoms with Gasteiger partial charge in [0.1, 0.15) is 0 Å². The Labute approximate surface area is 88.7 Å². The number of H-pyrrole nitrogens is 1. The predicted molar refractivity (Wildman–Crippen MR) is 56.6 cm³/mol. The number of hydrogen-bond donors (Lipinski definition) is 2. The third-order valence-electron chi connectivity index (χ3n) is 2.89. The zero-order valence-electron chi connectivity index (χ0n) is 8.86. The van der Waals surface area contributed by atoms with Crippen LogP contribution in [0.25, 0.3) is 0 Å². The van der Waals surface area contributed by atoms with E-state index in [1.54, 1.807) is 6.20 Å². The topological polar surface area (TPSA) is 75.0 Å². The second-order valence-electron chi connectivity index (χ2n) is 4.15. The van der Waals surface area contributed by atoms with Gasteiger partial charge in [0, 0.05) is 24.4 Å². The van der Waals surface area contributed by atoms with Crippen molar-refractivity contribution >= 4 is 5.91 Å². The van der Waals surface area contributed by atoms with E-state index in [4.69, 9.17) is 5.73 Å². The number of aromatic amines is 1. The summed E-state index contributed by atoms with van der Waals surface area (Å²) in [7, 11) is 2.11. The highest BCUT2D eigenvalue weighted by atomic mass is 16.1. The van der Waals surface area contributed by atoms with Gasteiger partial charge >= 0.3 is 0 Å². The molecule has 1 unspecified atom stereocenters. The van der Waals surface area contributed by atoms with E-state index in [0.717, 1.165) is 25.2 Å². The van der Waals surface area contributed by atoms with Gasteiger partial charge in [0.2, 0.25) is 0 Å². The van der Waals surface area contributed by atoms with Crippen LogP contribution >= 0.6 is 0 Å². The smallest absolute Gasteiger partial charge is 0.284 e. The Bertz CT molecular complexity index is 360. The van der Waals surface area contributed by atoms with Gasteiger partial charge in [-0.05, 0) is 26.4 Å². The zero-order valence-corrected chi connectivity index (χ0v) is 8.86. The van der Waals surface area contributed by atoms with Crippen molar-refractivity contribution in [1.82, 2.24) is 14.9 Å². The summed E-state index contributed by atoms with van der Waals surface area (Å²) in [5, 5.41) is 0. The molecule has 0 bridgehead atoms. The minimum Gasteiger partial charge on any atom is -0.363 e. The fourth-order valence-electron chi connectivity index (χ4n) is 2.09. The molecule has 1 fully saturated rings. The number of imidazole rings is 1. The second kappa shape index (κ2) is 4.02. The Balaban J connectivity index is 2.11. The quantitative estimate of drug-likeness (QED) is 0.735. The highest BCUT2D eigenvalue weighted by molar-refractivity contribution is 5.88. The summed E-state index contributed by atoms with van der Waals surface area (Å²) in [6.45, 7) is 2.16. The third-order valence-corrected chi connectivity index (χ3v) is 2.89. The van der Waals surface area contributed by atoms with Crippen LogP contribution in [0.3, 0.4) is 0 Å². The molecular formula is C10H16N4O. The lowest BCUT2D eigenvalue weighted by atomic mass is 9.96. The number of likely N-dealkylation sites (N-methyl/N-ethyl adjacent to an activating group) is 1. The van der Waals surface area contributed by atoms with Gasteiger partial charge in [0.15, 0.2) is 5.82 Å². The molecule has 15 heavy (non-hydrogen) atoms. The van der Waals surface area contributed by atoms with Gasteiger partial charge in [-0.1, -0.05) is 0 Å². The number of nitrogens with zero attached hydrogens (tertiary/aromatic N) is 2. The Kier molecular flexibility index (Phi) is 2.73. The minimum absolute atomic E-state index is 0.262. The van der Waals surface area contributed by atoms with Gasteiger partial charge in [-0.3, -0.25) is 4.79 Å². The summed E-state index contributed by atoms with van der Waals surface area (Å²) in [6.07, 6.45) is 4.06. The highest BCUT2D eigenvalue weighted by Crippen LogP contribution is 2.24. The van der Waals surface area contributed by atoms with Crippen molar-refractivity contribution in [1.29, 1.82) is 0 Å². The molecule has 2 heterocycles. The average Bonchev–Trinajstić information content (AvgIpc) is 2.66. The van der Waals surface area contributed by atoms with E-state index >= 15 is 0 Å². The molecule has 1 amide bonds. The molecule has 3 N–H and O–H groups in total. The zero-order chi connectivity index (χ0) is 10.8. The lowest BCUT2D eigenvalue weighted by molar-refractivity contribution is 0.0991. The van der Waals surface area contributed by atoms with E-state index < -0.39 is 5.91 Å². The number of carbonyl (C=O) groups is 1. The Morgan fingerprint density at radius 1 is 1.73 bits per heavy atom. The number of likely N-dealkylation sites (tertiary alicyclic amines) is 1. The van der Waals surface area contributed by atoms with Gasteiger partial charge in [0.05, 0.1) is 0 Å². The van der Waals surface area contributed by atoms with Gasteiger partial charge in [-0.15, -0.1) is 0 Å². The first-order valence-corrected chi connectivity index (χ1v) is 5.20. The summed E-state index contributed by atoms with van der Waals surface area (Å²) in [5.41, 5.74) is 6.16. The van der Waals surface area contributed by atoms with Crippen LogP contribution in [0.15, 0.2) is 6.20 Å². The second-order valence-corrected chi connectivity index (χ2v) is 4.15. The molecule has 1 aromatic heterocycles. The first kappa shape index (κ1) is 10.2. The molecule has 2 rings (SSSR count). The van der Waals surface area contributed by atoms with E-state index in [0.29, 0.717) is 5.92 Å². The monoisotopic (exact) mass is 208 g/mol. The van der Waals surface area contributed by atoms with Crippen molar-refractivity contribution in [2.45, 2.75) is 18.8 Å². The van der Waals surface area contributed by atoms with Gasteiger partial charge in [-0.25, -0.2) is 4.98 Å². The number of rotatable bonds is 2. The summed E-state index contributed by atoms with van der Waals surface area (Å²) >= 11 is 0. The van der Waals surface area contributed by atoms with Crippen molar-refractivity contribution in [3.63, 3.8) is 0 Å². The molecular weight excluding hydrogens is 192 g/mol. The first-order chi connectivity index (χ1) is 7.16. The van der Waals surface area contributed by atoms with Crippen LogP contribution in [-0.2, 0) is 0 Å². The van der Waals surface area contributed by atoms with Crippen molar-refractivity contribution < 1.29 is 4.79 Å². The standard InChI is InChI=1S/C10H16N4O/c1-14-4-2-3-7(6-14)8-5-12-10(13-8)9(11)15/h5,7H,2-4,6H2,1H3,(H2,11,15)(H,12,13). The van der Waals surface area contributed by atoms with Crippen molar-refractivity contribution in [2.75, 3.05) is 20.1 Å². The van der Waals surface area contributed by atoms with Crippen molar-refractivity contribution in [3.05, 3.63) is 17.7 Å². The molecule has 5 heteroatoms. The minimum atomic E-state index is -0.495. The molecule has 1 aliphatic heterocycles. The van der Waals surface area contributed by atoms with Crippen LogP contribution in [0.2, 0.25) is 0 Å². The predicted octanol–water partition coefficient (Wildman–Crippen LogP) is 0.318. The number of carbonyl (C=O) groups excluding carboxylic acids is 1. The largest absolute Gasteiger partial charge is 0.363 e. The summed E-state index contributed by atoms with van der Waals surface area (Å²) in [4.78, 5) is 20.1. The fourth-order valence-corrected chi connectivity index (χ4v) is 2.09. The molecule has 0 aliphatic carbocycles. The SMILES string of the molecule is CN1CCCC(c2cnc(C(N)=O)[nH]2)C1. The lowest BCUT2D eigenvalue weighted by Crippen LogP contribution is -2.31. The molecule has 1 atom stereocenters. The fraction of sp³-hybridized carbons (Fsp3) is 0.600. The molecule has 0 radical (unpaired) electrons. The molecule has 0 spiro atoms. The Hall–Kier alpha value is -1.36. The maximum absolute atomic E-state index is 10.9. The molecule has 1 aliphatic rings. The van der Waals surface area contributed by atoms with Gasteiger partial charge < -0.3 is 15.6 Å². The van der Waals surface area contributed by atoms with Gasteiger partial charge in [-0.2, -0.15) is 0 Å². The molecule has 0 saturated carbocycles. The normalized spacial score (nSPS) is 22.9. The highest BCUT2D eigenvalue weighted by Gasteiger charge is 2.21. The number of primary amides is 1. The molecule has 5 nitrogen and oxygen atoms in total. The summed E-state index contributed by atoms with van der Waals surface area (Å²) in [6, 6.07) is 0. The van der Waals surface area contributed by atoms with Crippen molar-refractivity contribution in [3.8, 4) is 0 Å². The van der Waals surface area contributed by atoms with E-state index in [-0.39, 0.29) is 5.82 Å². The van der Waals surface area contributed by atoms with Crippen molar-refractivity contribution in [2.24, 2.45) is 5.73 Å². The van der Waals surface area contributed by atoms with Crippen LogP contribution in [-0.4, -0.2) is 40.9 Å². The molecule has 1 saturated heterocycles. The molecule has 82 valence electrons. The first-order valence-electron chi connectivity index (χ1n) is 5.20. The van der Waals surface area contributed by atoms with E-state index in [2.05, 4.69) is 21.9 Å². The molecule has 1 aromatic rings. The number of nitrogens with two attached hydrogens (primary N) is 1. The van der Waals surface area contributed by atoms with Gasteiger partial charge in [0.25, 0.3) is 5.91 Å². The number of amides is 1. The number of nitrogens with one attached hydrogen (secondary N) is 1. The number of aromatic nitrogens is 2. The Morgan fingerprint density at radius 3 is 3.13 bits per heavy atom. The number of hydrogen-bond acceptors (Lipinski definition) is 3. The third kappa shape index (κ3) is 2.18. The van der Waals surface area contributed by atoms with Crippen LogP contribution in [0, 0.1) is 0 Å².